The van der Waals surface area contributed by atoms with Crippen LogP contribution in [0.5, 0.6) is 5.75 Å². The molecule has 25 heavy (non-hydrogen) atoms. The van der Waals surface area contributed by atoms with E-state index in [2.05, 4.69) is 15.1 Å². The largest absolute Gasteiger partial charge is 0.508 e. The van der Waals surface area contributed by atoms with E-state index in [0.29, 0.717) is 33.8 Å². The molecule has 0 saturated heterocycles. The molecule has 0 aliphatic rings. The van der Waals surface area contributed by atoms with Gasteiger partial charge in [-0.15, -0.1) is 0 Å². The Labute approximate surface area is 141 Å². The van der Waals surface area contributed by atoms with Crippen LogP contribution in [0.2, 0.25) is 0 Å². The Bertz CT molecular complexity index is 1190. The van der Waals surface area contributed by atoms with Gasteiger partial charge < -0.3 is 5.11 Å². The molecule has 0 spiro atoms. The second-order valence-electron chi connectivity index (χ2n) is 5.63. The van der Waals surface area contributed by atoms with Crippen molar-refractivity contribution >= 4 is 21.7 Å². The van der Waals surface area contributed by atoms with Crippen LogP contribution >= 0.6 is 0 Å². The van der Waals surface area contributed by atoms with Crippen LogP contribution in [-0.2, 0) is 6.42 Å². The number of nitrogens with zero attached hydrogens (tertiary/aromatic N) is 4. The topological polar surface area (TPSA) is 80.9 Å². The first kappa shape index (κ1) is 15.2. The summed E-state index contributed by atoms with van der Waals surface area (Å²) in [6.07, 6.45) is 4.69. The Kier molecular flexibility index (Phi) is 3.42. The van der Waals surface area contributed by atoms with Crippen LogP contribution < -0.4 is 5.56 Å². The second-order valence-corrected chi connectivity index (χ2v) is 5.63. The molecule has 1 N–H and O–H groups in total. The van der Waals surface area contributed by atoms with Crippen molar-refractivity contribution in [2.75, 3.05) is 0 Å². The maximum absolute atomic E-state index is 14.3. The summed E-state index contributed by atoms with van der Waals surface area (Å²) >= 11 is 0. The van der Waals surface area contributed by atoms with Gasteiger partial charge in [0.15, 0.2) is 0 Å². The van der Waals surface area contributed by atoms with E-state index in [1.165, 1.54) is 36.9 Å². The van der Waals surface area contributed by atoms with Crippen molar-refractivity contribution < 1.29 is 9.50 Å². The molecule has 0 radical (unpaired) electrons. The average molecular weight is 336 g/mol. The van der Waals surface area contributed by atoms with Crippen LogP contribution in [0.3, 0.4) is 0 Å². The molecule has 6 nitrogen and oxygen atoms in total. The van der Waals surface area contributed by atoms with Crippen LogP contribution in [0.25, 0.3) is 27.4 Å². The van der Waals surface area contributed by atoms with Crippen molar-refractivity contribution in [2.45, 2.75) is 13.3 Å². The minimum atomic E-state index is -0.460. The maximum atomic E-state index is 14.3. The predicted molar refractivity (Wildman–Crippen MR) is 91.4 cm³/mol. The van der Waals surface area contributed by atoms with Gasteiger partial charge in [0.2, 0.25) is 0 Å². The number of aromatic hydroxyl groups is 1. The van der Waals surface area contributed by atoms with E-state index in [-0.39, 0.29) is 17.1 Å². The first-order valence-electron chi connectivity index (χ1n) is 7.72. The lowest BCUT2D eigenvalue weighted by atomic mass is 10.00. The predicted octanol–water partition coefficient (Wildman–Crippen LogP) is 2.74. The molecule has 0 unspecified atom stereocenters. The third-order valence-corrected chi connectivity index (χ3v) is 4.16. The highest BCUT2D eigenvalue weighted by molar-refractivity contribution is 5.94. The molecule has 2 aromatic carbocycles. The van der Waals surface area contributed by atoms with Crippen molar-refractivity contribution in [1.82, 2.24) is 19.7 Å². The average Bonchev–Trinajstić information content (AvgIpc) is 2.62. The third kappa shape index (κ3) is 2.32. The smallest absolute Gasteiger partial charge is 0.298 e. The fraction of sp³-hybridized carbons (Fsp3) is 0.111. The SMILES string of the molecule is CCc1c(F)ccc2cc(O)cc(-n3ncc4cncnc4c3=O)c12. The second kappa shape index (κ2) is 5.62. The number of halogens is 1. The van der Waals surface area contributed by atoms with Crippen LogP contribution in [0.15, 0.2) is 47.8 Å². The molecule has 0 bridgehead atoms. The quantitative estimate of drug-likeness (QED) is 0.609. The maximum Gasteiger partial charge on any atom is 0.298 e. The van der Waals surface area contributed by atoms with Gasteiger partial charge in [-0.1, -0.05) is 13.0 Å². The minimum absolute atomic E-state index is 0.0346. The van der Waals surface area contributed by atoms with Gasteiger partial charge >= 0.3 is 0 Å². The van der Waals surface area contributed by atoms with Gasteiger partial charge in [0.1, 0.15) is 23.4 Å². The lowest BCUT2D eigenvalue weighted by Gasteiger charge is -2.13. The lowest BCUT2D eigenvalue weighted by molar-refractivity contribution is 0.475. The lowest BCUT2D eigenvalue weighted by Crippen LogP contribution is -2.22. The fourth-order valence-corrected chi connectivity index (χ4v) is 3.05. The van der Waals surface area contributed by atoms with E-state index in [0.717, 1.165) is 4.68 Å². The van der Waals surface area contributed by atoms with E-state index in [1.54, 1.807) is 6.07 Å². The number of rotatable bonds is 2. The zero-order chi connectivity index (χ0) is 17.6. The van der Waals surface area contributed by atoms with E-state index >= 15 is 0 Å². The molecule has 0 aliphatic carbocycles. The Morgan fingerprint density at radius 2 is 2.04 bits per heavy atom. The van der Waals surface area contributed by atoms with Crippen LogP contribution in [0.1, 0.15) is 12.5 Å². The number of phenolic OH excluding ortho intramolecular Hbond substituents is 1. The minimum Gasteiger partial charge on any atom is -0.508 e. The van der Waals surface area contributed by atoms with E-state index in [1.807, 2.05) is 6.92 Å². The highest BCUT2D eigenvalue weighted by Gasteiger charge is 2.16. The Hall–Kier alpha value is -3.35. The Morgan fingerprint density at radius 3 is 2.84 bits per heavy atom. The molecular formula is C18H13FN4O2. The molecular weight excluding hydrogens is 323 g/mol. The molecule has 7 heteroatoms. The molecule has 0 atom stereocenters. The first-order valence-corrected chi connectivity index (χ1v) is 7.72. The third-order valence-electron chi connectivity index (χ3n) is 4.16. The normalized spacial score (nSPS) is 11.3. The first-order chi connectivity index (χ1) is 12.1. The molecule has 4 aromatic rings. The van der Waals surface area contributed by atoms with E-state index in [9.17, 15) is 14.3 Å². The summed E-state index contributed by atoms with van der Waals surface area (Å²) in [6, 6.07) is 5.86. The van der Waals surface area contributed by atoms with E-state index < -0.39 is 5.56 Å². The summed E-state index contributed by atoms with van der Waals surface area (Å²) < 4.78 is 15.4. The summed E-state index contributed by atoms with van der Waals surface area (Å²) in [6.45, 7) is 1.83. The summed E-state index contributed by atoms with van der Waals surface area (Å²) in [5, 5.41) is 15.9. The number of hydrogen-bond acceptors (Lipinski definition) is 5. The summed E-state index contributed by atoms with van der Waals surface area (Å²) in [4.78, 5) is 20.7. The Balaban J connectivity index is 2.16. The zero-order valence-corrected chi connectivity index (χ0v) is 13.3. The summed E-state index contributed by atoms with van der Waals surface area (Å²) in [7, 11) is 0. The molecule has 4 rings (SSSR count). The van der Waals surface area contributed by atoms with Crippen LogP contribution in [0.4, 0.5) is 4.39 Å². The van der Waals surface area contributed by atoms with Crippen LogP contribution in [-0.4, -0.2) is 24.9 Å². The number of aryl methyl sites for hydroxylation is 1. The number of phenols is 1. The van der Waals surface area contributed by atoms with Crippen molar-refractivity contribution in [3.63, 3.8) is 0 Å². The highest BCUT2D eigenvalue weighted by atomic mass is 19.1. The molecule has 0 aliphatic heterocycles. The van der Waals surface area contributed by atoms with E-state index in [4.69, 9.17) is 0 Å². The van der Waals surface area contributed by atoms with Gasteiger partial charge in [-0.3, -0.25) is 4.79 Å². The van der Waals surface area contributed by atoms with Crippen molar-refractivity contribution in [3.05, 3.63) is 64.7 Å². The number of hydrogen-bond donors (Lipinski definition) is 1. The van der Waals surface area contributed by atoms with Gasteiger partial charge in [0, 0.05) is 23.0 Å². The van der Waals surface area contributed by atoms with Crippen molar-refractivity contribution in [2.24, 2.45) is 0 Å². The summed E-state index contributed by atoms with van der Waals surface area (Å²) in [5.41, 5.74) is 0.523. The number of aromatic nitrogens is 4. The molecule has 0 fully saturated rings. The van der Waals surface area contributed by atoms with Gasteiger partial charge in [0.25, 0.3) is 5.56 Å². The van der Waals surface area contributed by atoms with Crippen LogP contribution in [0, 0.1) is 5.82 Å². The number of benzene rings is 2. The van der Waals surface area contributed by atoms with Gasteiger partial charge in [-0.2, -0.15) is 9.78 Å². The number of fused-ring (bicyclic) bond motifs is 2. The monoisotopic (exact) mass is 336 g/mol. The van der Waals surface area contributed by atoms with Gasteiger partial charge in [0.05, 0.1) is 11.9 Å². The molecule has 2 aromatic heterocycles. The highest BCUT2D eigenvalue weighted by Crippen LogP contribution is 2.31. The molecule has 0 saturated carbocycles. The molecule has 0 amide bonds. The molecule has 124 valence electrons. The van der Waals surface area contributed by atoms with Gasteiger partial charge in [-0.05, 0) is 29.5 Å². The standard InChI is InChI=1S/C18H13FN4O2/c1-2-13-14(19)4-3-10-5-12(24)6-15(16(10)13)23-18(25)17-11(8-22-23)7-20-9-21-17/h3-9,24H,2H2,1H3. The van der Waals surface area contributed by atoms with Gasteiger partial charge in [-0.25, -0.2) is 14.4 Å². The van der Waals surface area contributed by atoms with Crippen molar-refractivity contribution in [3.8, 4) is 11.4 Å². The summed E-state index contributed by atoms with van der Waals surface area (Å²) in [5.74, 6) is -0.397. The zero-order valence-electron chi connectivity index (χ0n) is 13.3. The fourth-order valence-electron chi connectivity index (χ4n) is 3.05. The molecule has 2 heterocycles. The Morgan fingerprint density at radius 1 is 1.20 bits per heavy atom. The van der Waals surface area contributed by atoms with Crippen molar-refractivity contribution in [1.29, 1.82) is 0 Å².